The molecular weight excluding hydrogens is 510 g/mol. The highest BCUT2D eigenvalue weighted by molar-refractivity contribution is 6.05. The van der Waals surface area contributed by atoms with Crippen LogP contribution in [0.3, 0.4) is 0 Å². The summed E-state index contributed by atoms with van der Waals surface area (Å²) in [6.07, 6.45) is -3.87. The predicted molar refractivity (Wildman–Crippen MR) is 144 cm³/mol. The lowest BCUT2D eigenvalue weighted by molar-refractivity contribution is 0.0352. The van der Waals surface area contributed by atoms with E-state index in [4.69, 9.17) is 18.9 Å². The van der Waals surface area contributed by atoms with Gasteiger partial charge in [-0.1, -0.05) is 0 Å². The number of hydrogen-bond acceptors (Lipinski definition) is 9. The molecule has 0 fully saturated rings. The molecule has 13 nitrogen and oxygen atoms in total. The molecule has 0 aromatic rings. The third kappa shape index (κ3) is 18.4. The van der Waals surface area contributed by atoms with Gasteiger partial charge in [0, 0.05) is 12.6 Å². The van der Waals surface area contributed by atoms with Gasteiger partial charge in [0.1, 0.15) is 22.4 Å². The maximum absolute atomic E-state index is 13.2. The Morgan fingerprint density at radius 1 is 0.769 bits per heavy atom. The average molecular weight is 556 g/mol. The molecule has 13 heteroatoms. The fourth-order valence-corrected chi connectivity index (χ4v) is 2.62. The Bertz CT molecular complexity index is 944. The zero-order valence-electron chi connectivity index (χ0n) is 25.3. The number of hydrogen-bond donors (Lipinski definition) is 2. The topological polar surface area (TPSA) is 169 Å². The van der Waals surface area contributed by atoms with E-state index in [1.807, 2.05) is 6.07 Å². The number of amides is 4. The molecule has 0 aliphatic heterocycles. The fraction of sp³-hybridized carbons (Fsp3) is 0.769. The number of carbonyl (C=O) groups excluding carboxylic acids is 4. The van der Waals surface area contributed by atoms with Crippen molar-refractivity contribution in [1.29, 1.82) is 5.26 Å². The molecule has 0 unspecified atom stereocenters. The van der Waals surface area contributed by atoms with Crippen LogP contribution in [-0.2, 0) is 18.9 Å². The summed E-state index contributed by atoms with van der Waals surface area (Å²) in [6, 6.07) is 1.22. The number of alkyl carbamates (subject to hydrolysis) is 2. The molecule has 0 aromatic heterocycles. The molecule has 4 amide bonds. The minimum absolute atomic E-state index is 0.00931. The molecule has 0 aliphatic rings. The van der Waals surface area contributed by atoms with E-state index in [2.05, 4.69) is 15.6 Å². The number of ether oxygens (including phenoxy) is 4. The zero-order chi connectivity index (χ0) is 30.8. The Balaban J connectivity index is 6.32. The highest BCUT2D eigenvalue weighted by Gasteiger charge is 2.31. The average Bonchev–Trinajstić information content (AvgIpc) is 2.61. The van der Waals surface area contributed by atoms with Gasteiger partial charge in [0.2, 0.25) is 5.96 Å². The van der Waals surface area contributed by atoms with E-state index >= 15 is 0 Å². The first-order chi connectivity index (χ1) is 17.4. The molecule has 0 rings (SSSR count). The Labute approximate surface area is 231 Å². The molecule has 0 spiro atoms. The van der Waals surface area contributed by atoms with Crippen molar-refractivity contribution in [2.45, 2.75) is 124 Å². The second-order valence-electron chi connectivity index (χ2n) is 12.7. The van der Waals surface area contributed by atoms with Gasteiger partial charge in [-0.15, -0.1) is 4.99 Å². The SMILES string of the molecule is CC(C)(C)OC(=O)/N=C(/NC(=O)OC(C)(C)C)N(CC[C@@H](CC#N)NC(=O)OC(C)(C)C)C(=O)OC(C)(C)C. The third-order valence-corrected chi connectivity index (χ3v) is 3.83. The maximum Gasteiger partial charge on any atom is 0.437 e. The Morgan fingerprint density at radius 3 is 1.67 bits per heavy atom. The molecule has 1 atom stereocenters. The van der Waals surface area contributed by atoms with Crippen molar-refractivity contribution in [3.63, 3.8) is 0 Å². The second kappa shape index (κ2) is 14.0. The van der Waals surface area contributed by atoms with Crippen LogP contribution in [-0.4, -0.2) is 70.2 Å². The van der Waals surface area contributed by atoms with Crippen LogP contribution in [0.5, 0.6) is 0 Å². The van der Waals surface area contributed by atoms with Gasteiger partial charge in [-0.2, -0.15) is 5.26 Å². The number of aliphatic imine (C=N–C) groups is 1. The van der Waals surface area contributed by atoms with E-state index in [9.17, 15) is 24.4 Å². The molecule has 0 saturated carbocycles. The van der Waals surface area contributed by atoms with E-state index in [1.54, 1.807) is 83.1 Å². The fourth-order valence-electron chi connectivity index (χ4n) is 2.62. The molecule has 39 heavy (non-hydrogen) atoms. The van der Waals surface area contributed by atoms with E-state index in [0.29, 0.717) is 0 Å². The highest BCUT2D eigenvalue weighted by atomic mass is 16.6. The number of guanidine groups is 1. The molecule has 0 radical (unpaired) electrons. The molecular formula is C26H45N5O8. The quantitative estimate of drug-likeness (QED) is 0.262. The number of carbonyl (C=O) groups is 4. The minimum atomic E-state index is -1.08. The van der Waals surface area contributed by atoms with Gasteiger partial charge in [-0.3, -0.25) is 5.32 Å². The lowest BCUT2D eigenvalue weighted by Gasteiger charge is -2.30. The van der Waals surface area contributed by atoms with Crippen molar-refractivity contribution in [2.24, 2.45) is 4.99 Å². The van der Waals surface area contributed by atoms with E-state index in [1.165, 1.54) is 0 Å². The van der Waals surface area contributed by atoms with Crippen molar-refractivity contribution in [1.82, 2.24) is 15.5 Å². The minimum Gasteiger partial charge on any atom is -0.444 e. The lowest BCUT2D eigenvalue weighted by Crippen LogP contribution is -2.51. The van der Waals surface area contributed by atoms with Gasteiger partial charge in [-0.05, 0) is 89.5 Å². The number of nitriles is 1. The number of nitrogens with zero attached hydrogens (tertiary/aromatic N) is 3. The van der Waals surface area contributed by atoms with E-state index < -0.39 is 58.8 Å². The first-order valence-corrected chi connectivity index (χ1v) is 12.6. The molecule has 0 aliphatic carbocycles. The van der Waals surface area contributed by atoms with Crippen LogP contribution in [0.1, 0.15) is 95.9 Å². The Hall–Kier alpha value is -3.56. The van der Waals surface area contributed by atoms with Crippen molar-refractivity contribution in [3.05, 3.63) is 0 Å². The van der Waals surface area contributed by atoms with Crippen molar-refractivity contribution in [3.8, 4) is 6.07 Å². The van der Waals surface area contributed by atoms with Crippen LogP contribution >= 0.6 is 0 Å². The van der Waals surface area contributed by atoms with Crippen LogP contribution in [0.2, 0.25) is 0 Å². The van der Waals surface area contributed by atoms with Gasteiger partial charge in [0.05, 0.1) is 12.5 Å². The van der Waals surface area contributed by atoms with Crippen molar-refractivity contribution in [2.75, 3.05) is 6.54 Å². The normalized spacial score (nSPS) is 13.4. The van der Waals surface area contributed by atoms with E-state index in [0.717, 1.165) is 4.90 Å². The van der Waals surface area contributed by atoms with Crippen LogP contribution in [0.15, 0.2) is 4.99 Å². The van der Waals surface area contributed by atoms with Crippen molar-refractivity contribution >= 4 is 30.3 Å². The van der Waals surface area contributed by atoms with Crippen LogP contribution in [0, 0.1) is 11.3 Å². The standard InChI is InChI=1S/C26H45N5O8/c1-23(2,3)36-19(32)28-17(13-15-27)14-16-31(22(35)39-26(10,11)12)18(29-20(33)37-24(4,5)6)30-21(34)38-25(7,8)9/h17H,13-14,16H2,1-12H3,(H,28,32)(H,29,30,33,34)/t17-/m1/s1. The summed E-state index contributed by atoms with van der Waals surface area (Å²) in [6.45, 7) is 19.5. The first kappa shape index (κ1) is 35.4. The van der Waals surface area contributed by atoms with Crippen LogP contribution < -0.4 is 10.6 Å². The van der Waals surface area contributed by atoms with Gasteiger partial charge in [-0.25, -0.2) is 24.1 Å². The van der Waals surface area contributed by atoms with Gasteiger partial charge < -0.3 is 24.3 Å². The summed E-state index contributed by atoms with van der Waals surface area (Å²) < 4.78 is 21.2. The summed E-state index contributed by atoms with van der Waals surface area (Å²) in [4.78, 5) is 55.4. The summed E-state index contributed by atoms with van der Waals surface area (Å²) in [5.41, 5.74) is -3.52. The monoisotopic (exact) mass is 555 g/mol. The van der Waals surface area contributed by atoms with Gasteiger partial charge in [0.25, 0.3) is 0 Å². The lowest BCUT2D eigenvalue weighted by atomic mass is 10.1. The molecule has 0 heterocycles. The predicted octanol–water partition coefficient (Wildman–Crippen LogP) is 5.24. The van der Waals surface area contributed by atoms with Crippen LogP contribution in [0.4, 0.5) is 19.2 Å². The van der Waals surface area contributed by atoms with Crippen LogP contribution in [0.25, 0.3) is 0 Å². The largest absolute Gasteiger partial charge is 0.444 e. The smallest absolute Gasteiger partial charge is 0.437 e. The molecule has 0 aromatic carbocycles. The summed E-state index contributed by atoms with van der Waals surface area (Å²) >= 11 is 0. The van der Waals surface area contributed by atoms with Gasteiger partial charge in [0.15, 0.2) is 0 Å². The summed E-state index contributed by atoms with van der Waals surface area (Å²) in [5.74, 6) is -0.513. The maximum atomic E-state index is 13.2. The van der Waals surface area contributed by atoms with E-state index in [-0.39, 0.29) is 19.4 Å². The second-order valence-corrected chi connectivity index (χ2v) is 12.7. The Morgan fingerprint density at radius 2 is 1.23 bits per heavy atom. The Kier molecular flexibility index (Phi) is 12.7. The first-order valence-electron chi connectivity index (χ1n) is 12.6. The molecule has 0 saturated heterocycles. The highest BCUT2D eigenvalue weighted by Crippen LogP contribution is 2.15. The molecule has 0 bridgehead atoms. The third-order valence-electron chi connectivity index (χ3n) is 3.83. The summed E-state index contributed by atoms with van der Waals surface area (Å²) in [7, 11) is 0. The number of nitrogens with one attached hydrogen (secondary N) is 2. The van der Waals surface area contributed by atoms with Gasteiger partial charge >= 0.3 is 24.4 Å². The summed E-state index contributed by atoms with van der Waals surface area (Å²) in [5, 5.41) is 14.2. The molecule has 2 N–H and O–H groups in total. The van der Waals surface area contributed by atoms with Crippen molar-refractivity contribution < 1.29 is 38.1 Å². The molecule has 222 valence electrons. The zero-order valence-corrected chi connectivity index (χ0v) is 25.3. The number of rotatable bonds is 5.